The predicted molar refractivity (Wildman–Crippen MR) is 65.0 cm³/mol. The largest absolute Gasteiger partial charge is 0.480 e. The number of hydrogen-bond acceptors (Lipinski definition) is 3. The van der Waals surface area contributed by atoms with Crippen molar-refractivity contribution in [2.45, 2.75) is 63.6 Å². The summed E-state index contributed by atoms with van der Waals surface area (Å²) in [5.74, 6) is -0.697. The SMILES string of the molecule is CCOC1CC(N(CC(=O)O)C2CCCC2)C1. The number of carboxylic acid groups (broad SMARTS) is 1. The molecule has 2 rings (SSSR count). The van der Waals surface area contributed by atoms with Gasteiger partial charge in [-0.2, -0.15) is 0 Å². The van der Waals surface area contributed by atoms with Gasteiger partial charge in [0.25, 0.3) is 0 Å². The molecule has 0 saturated heterocycles. The van der Waals surface area contributed by atoms with Gasteiger partial charge in [-0.25, -0.2) is 0 Å². The predicted octanol–water partition coefficient (Wildman–Crippen LogP) is 1.88. The Bertz CT molecular complexity index is 257. The van der Waals surface area contributed by atoms with Crippen molar-refractivity contribution in [1.82, 2.24) is 4.90 Å². The summed E-state index contributed by atoms with van der Waals surface area (Å²) in [6.45, 7) is 2.98. The highest BCUT2D eigenvalue weighted by Gasteiger charge is 2.38. The molecule has 0 radical (unpaired) electrons. The summed E-state index contributed by atoms with van der Waals surface area (Å²) >= 11 is 0. The van der Waals surface area contributed by atoms with Crippen LogP contribution in [0, 0.1) is 0 Å². The van der Waals surface area contributed by atoms with Gasteiger partial charge in [-0.15, -0.1) is 0 Å². The van der Waals surface area contributed by atoms with Crippen LogP contribution in [0.1, 0.15) is 45.4 Å². The maximum Gasteiger partial charge on any atom is 0.317 e. The van der Waals surface area contributed by atoms with Crippen LogP contribution in [0.3, 0.4) is 0 Å². The first-order chi connectivity index (χ1) is 8.20. The fourth-order valence-corrected chi connectivity index (χ4v) is 3.13. The van der Waals surface area contributed by atoms with Crippen LogP contribution in [0.25, 0.3) is 0 Å². The first kappa shape index (κ1) is 12.8. The number of nitrogens with zero attached hydrogens (tertiary/aromatic N) is 1. The molecule has 1 N–H and O–H groups in total. The molecule has 4 heteroatoms. The summed E-state index contributed by atoms with van der Waals surface area (Å²) in [7, 11) is 0. The number of rotatable bonds is 6. The molecule has 2 aliphatic rings. The normalized spacial score (nSPS) is 29.5. The molecule has 0 amide bonds. The molecule has 0 spiro atoms. The third-order valence-electron chi connectivity index (χ3n) is 4.05. The van der Waals surface area contributed by atoms with E-state index >= 15 is 0 Å². The van der Waals surface area contributed by atoms with Gasteiger partial charge in [0, 0.05) is 18.7 Å². The third-order valence-corrected chi connectivity index (χ3v) is 4.05. The molecule has 2 aliphatic carbocycles. The maximum absolute atomic E-state index is 10.9. The molecule has 0 aromatic heterocycles. The Balaban J connectivity index is 1.85. The quantitative estimate of drug-likeness (QED) is 0.771. The summed E-state index contributed by atoms with van der Waals surface area (Å²) in [5, 5.41) is 9.01. The highest BCUT2D eigenvalue weighted by atomic mass is 16.5. The number of carbonyl (C=O) groups is 1. The van der Waals surface area contributed by atoms with Crippen LogP contribution < -0.4 is 0 Å². The van der Waals surface area contributed by atoms with Crippen LogP contribution in [0.15, 0.2) is 0 Å². The number of aliphatic carboxylic acids is 1. The molecule has 2 saturated carbocycles. The van der Waals surface area contributed by atoms with Crippen molar-refractivity contribution in [3.63, 3.8) is 0 Å². The van der Waals surface area contributed by atoms with Crippen molar-refractivity contribution < 1.29 is 14.6 Å². The standard InChI is InChI=1S/C13H23NO3/c1-2-17-12-7-11(8-12)14(9-13(15)16)10-5-3-4-6-10/h10-12H,2-9H2,1H3,(H,15,16). The van der Waals surface area contributed by atoms with Gasteiger partial charge >= 0.3 is 5.97 Å². The average molecular weight is 241 g/mol. The lowest BCUT2D eigenvalue weighted by Gasteiger charge is -2.44. The van der Waals surface area contributed by atoms with Crippen LogP contribution in [0.5, 0.6) is 0 Å². The van der Waals surface area contributed by atoms with Gasteiger partial charge in [-0.1, -0.05) is 12.8 Å². The molecule has 0 aromatic carbocycles. The zero-order valence-electron chi connectivity index (χ0n) is 10.6. The lowest BCUT2D eigenvalue weighted by Crippen LogP contribution is -2.53. The minimum atomic E-state index is -0.697. The topological polar surface area (TPSA) is 49.8 Å². The molecule has 0 aliphatic heterocycles. The molecule has 4 nitrogen and oxygen atoms in total. The van der Waals surface area contributed by atoms with Crippen LogP contribution in [0.2, 0.25) is 0 Å². The first-order valence-corrected chi connectivity index (χ1v) is 6.79. The monoisotopic (exact) mass is 241 g/mol. The van der Waals surface area contributed by atoms with E-state index < -0.39 is 5.97 Å². The van der Waals surface area contributed by atoms with E-state index in [4.69, 9.17) is 9.84 Å². The van der Waals surface area contributed by atoms with E-state index in [2.05, 4.69) is 4.90 Å². The Morgan fingerprint density at radius 3 is 2.47 bits per heavy atom. The second kappa shape index (κ2) is 5.83. The summed E-state index contributed by atoms with van der Waals surface area (Å²) < 4.78 is 5.55. The lowest BCUT2D eigenvalue weighted by molar-refractivity contribution is -0.142. The Morgan fingerprint density at radius 2 is 1.94 bits per heavy atom. The molecule has 0 unspecified atom stereocenters. The van der Waals surface area contributed by atoms with Crippen molar-refractivity contribution in [3.05, 3.63) is 0 Å². The van der Waals surface area contributed by atoms with Crippen molar-refractivity contribution in [2.24, 2.45) is 0 Å². The van der Waals surface area contributed by atoms with Gasteiger partial charge in [0.05, 0.1) is 12.6 Å². The van der Waals surface area contributed by atoms with Crippen molar-refractivity contribution in [2.75, 3.05) is 13.2 Å². The van der Waals surface area contributed by atoms with Crippen LogP contribution in [-0.4, -0.2) is 47.3 Å². The van der Waals surface area contributed by atoms with E-state index in [1.54, 1.807) is 0 Å². The number of ether oxygens (including phenoxy) is 1. The first-order valence-electron chi connectivity index (χ1n) is 6.79. The zero-order chi connectivity index (χ0) is 12.3. The highest BCUT2D eigenvalue weighted by molar-refractivity contribution is 5.69. The molecule has 0 atom stereocenters. The van der Waals surface area contributed by atoms with Crippen LogP contribution in [-0.2, 0) is 9.53 Å². The fraction of sp³-hybridized carbons (Fsp3) is 0.923. The van der Waals surface area contributed by atoms with E-state index in [0.29, 0.717) is 18.2 Å². The van der Waals surface area contributed by atoms with Gasteiger partial charge in [0.1, 0.15) is 0 Å². The van der Waals surface area contributed by atoms with Crippen molar-refractivity contribution in [1.29, 1.82) is 0 Å². The zero-order valence-corrected chi connectivity index (χ0v) is 10.6. The lowest BCUT2D eigenvalue weighted by atomic mass is 9.86. The smallest absolute Gasteiger partial charge is 0.317 e. The van der Waals surface area contributed by atoms with Gasteiger partial charge < -0.3 is 9.84 Å². The average Bonchev–Trinajstić information content (AvgIpc) is 2.72. The Morgan fingerprint density at radius 1 is 1.29 bits per heavy atom. The molecule has 0 bridgehead atoms. The highest BCUT2D eigenvalue weighted by Crippen LogP contribution is 2.34. The molecular weight excluding hydrogens is 218 g/mol. The fourth-order valence-electron chi connectivity index (χ4n) is 3.13. The molecule has 17 heavy (non-hydrogen) atoms. The minimum absolute atomic E-state index is 0.203. The number of carboxylic acids is 1. The second-order valence-corrected chi connectivity index (χ2v) is 5.21. The molecule has 0 heterocycles. The van der Waals surface area contributed by atoms with Gasteiger partial charge in [0.2, 0.25) is 0 Å². The molecule has 2 fully saturated rings. The van der Waals surface area contributed by atoms with Gasteiger partial charge in [-0.05, 0) is 32.6 Å². The van der Waals surface area contributed by atoms with E-state index in [1.807, 2.05) is 6.92 Å². The number of hydrogen-bond donors (Lipinski definition) is 1. The van der Waals surface area contributed by atoms with Gasteiger partial charge in [-0.3, -0.25) is 9.69 Å². The summed E-state index contributed by atoms with van der Waals surface area (Å²) in [6.07, 6.45) is 7.23. The maximum atomic E-state index is 10.9. The van der Waals surface area contributed by atoms with Crippen LogP contribution >= 0.6 is 0 Å². The molecule has 0 aromatic rings. The molecular formula is C13H23NO3. The summed E-state index contributed by atoms with van der Waals surface area (Å²) in [6, 6.07) is 0.935. The Labute approximate surface area is 103 Å². The second-order valence-electron chi connectivity index (χ2n) is 5.21. The minimum Gasteiger partial charge on any atom is -0.480 e. The van der Waals surface area contributed by atoms with Crippen molar-refractivity contribution >= 4 is 5.97 Å². The van der Waals surface area contributed by atoms with Gasteiger partial charge in [0.15, 0.2) is 0 Å². The Hall–Kier alpha value is -0.610. The van der Waals surface area contributed by atoms with E-state index in [1.165, 1.54) is 25.7 Å². The summed E-state index contributed by atoms with van der Waals surface area (Å²) in [5.41, 5.74) is 0. The van der Waals surface area contributed by atoms with Crippen LogP contribution in [0.4, 0.5) is 0 Å². The summed E-state index contributed by atoms with van der Waals surface area (Å²) in [4.78, 5) is 13.2. The van der Waals surface area contributed by atoms with E-state index in [9.17, 15) is 4.79 Å². The van der Waals surface area contributed by atoms with Crippen molar-refractivity contribution in [3.8, 4) is 0 Å². The Kier molecular flexibility index (Phi) is 4.40. The van der Waals surface area contributed by atoms with E-state index in [-0.39, 0.29) is 6.54 Å². The molecule has 98 valence electrons. The third kappa shape index (κ3) is 3.19. The van der Waals surface area contributed by atoms with E-state index in [0.717, 1.165) is 19.4 Å².